The molecule has 2 saturated heterocycles. The molecule has 148 valence electrons. The van der Waals surface area contributed by atoms with Crippen LogP contribution < -0.4 is 10.6 Å². The lowest BCUT2D eigenvalue weighted by Gasteiger charge is -2.27. The van der Waals surface area contributed by atoms with Gasteiger partial charge in [-0.1, -0.05) is 30.3 Å². The second-order valence-corrected chi connectivity index (χ2v) is 6.85. The second-order valence-electron chi connectivity index (χ2n) is 6.85. The number of nitrogens with one attached hydrogen (secondary N) is 2. The summed E-state index contributed by atoms with van der Waals surface area (Å²) in [7, 11) is 0. The van der Waals surface area contributed by atoms with Gasteiger partial charge in [0.25, 0.3) is 0 Å². The highest BCUT2D eigenvalue weighted by atomic mass is 35.5. The van der Waals surface area contributed by atoms with E-state index in [4.69, 9.17) is 0 Å². The third-order valence-corrected chi connectivity index (χ3v) is 5.05. The normalized spacial score (nSPS) is 20.8. The van der Waals surface area contributed by atoms with Crippen molar-refractivity contribution in [2.45, 2.75) is 31.8 Å². The summed E-state index contributed by atoms with van der Waals surface area (Å²) < 4.78 is 0. The minimum atomic E-state index is 0. The monoisotopic (exact) mass is 402 g/mol. The molecular weight excluding hydrogens is 371 g/mol. The van der Waals surface area contributed by atoms with E-state index in [1.54, 1.807) is 0 Å². The third kappa shape index (κ3) is 7.05. The number of likely N-dealkylation sites (tertiary alicyclic amines) is 1. The van der Waals surface area contributed by atoms with Crippen molar-refractivity contribution in [1.29, 1.82) is 0 Å². The van der Waals surface area contributed by atoms with Crippen molar-refractivity contribution in [3.63, 3.8) is 0 Å². The number of hydrogen-bond acceptors (Lipinski definition) is 4. The number of halogens is 2. The third-order valence-electron chi connectivity index (χ3n) is 5.05. The standard InChI is InChI=1S/C19H30N4O.2ClH/c24-19(21-9-5-12-22-14-10-20-11-15-22)18-8-4-13-23(18)16-17-6-2-1-3-7-17;;/h1-3,6-7,18,20H,4-5,8-16H2,(H,21,24);2*1H. The fraction of sp³-hybridized carbons (Fsp3) is 0.632. The second kappa shape index (κ2) is 12.5. The molecule has 0 bridgehead atoms. The molecule has 2 fully saturated rings. The summed E-state index contributed by atoms with van der Waals surface area (Å²) >= 11 is 0. The molecule has 5 nitrogen and oxygen atoms in total. The molecule has 0 spiro atoms. The van der Waals surface area contributed by atoms with E-state index in [-0.39, 0.29) is 36.8 Å². The first kappa shape index (κ1) is 23.2. The molecule has 0 saturated carbocycles. The maximum Gasteiger partial charge on any atom is 0.237 e. The summed E-state index contributed by atoms with van der Waals surface area (Å²) in [6, 6.07) is 10.5. The Kier molecular flexibility index (Phi) is 11.2. The number of benzene rings is 1. The zero-order valence-electron chi connectivity index (χ0n) is 15.4. The van der Waals surface area contributed by atoms with Crippen molar-refractivity contribution < 1.29 is 4.79 Å². The Bertz CT molecular complexity index is 512. The van der Waals surface area contributed by atoms with Gasteiger partial charge in [-0.15, -0.1) is 24.8 Å². The molecule has 2 aliphatic rings. The van der Waals surface area contributed by atoms with Crippen molar-refractivity contribution in [1.82, 2.24) is 20.4 Å². The van der Waals surface area contributed by atoms with E-state index in [0.717, 1.165) is 71.6 Å². The Labute approximate surface area is 169 Å². The molecule has 1 aromatic carbocycles. The van der Waals surface area contributed by atoms with Gasteiger partial charge in [0, 0.05) is 39.3 Å². The first-order valence-corrected chi connectivity index (χ1v) is 9.32. The molecule has 0 aromatic heterocycles. The van der Waals surface area contributed by atoms with Crippen molar-refractivity contribution in [3.8, 4) is 0 Å². The number of rotatable bonds is 7. The first-order valence-electron chi connectivity index (χ1n) is 9.32. The molecule has 0 aliphatic carbocycles. The quantitative estimate of drug-likeness (QED) is 0.683. The Morgan fingerprint density at radius 2 is 1.85 bits per heavy atom. The number of hydrogen-bond donors (Lipinski definition) is 2. The number of carbonyl (C=O) groups excluding carboxylic acids is 1. The van der Waals surface area contributed by atoms with E-state index >= 15 is 0 Å². The van der Waals surface area contributed by atoms with Crippen LogP contribution in [0.15, 0.2) is 30.3 Å². The summed E-state index contributed by atoms with van der Waals surface area (Å²) in [6.45, 7) is 8.20. The van der Waals surface area contributed by atoms with Crippen LogP contribution in [0.5, 0.6) is 0 Å². The number of piperazine rings is 1. The van der Waals surface area contributed by atoms with Crippen molar-refractivity contribution in [2.24, 2.45) is 0 Å². The van der Waals surface area contributed by atoms with Gasteiger partial charge in [-0.05, 0) is 37.9 Å². The predicted molar refractivity (Wildman–Crippen MR) is 111 cm³/mol. The maximum absolute atomic E-state index is 12.5. The Morgan fingerprint density at radius 3 is 2.58 bits per heavy atom. The number of nitrogens with zero attached hydrogens (tertiary/aromatic N) is 2. The molecule has 7 heteroatoms. The van der Waals surface area contributed by atoms with Crippen LogP contribution in [0.3, 0.4) is 0 Å². The van der Waals surface area contributed by atoms with Crippen LogP contribution in [0.2, 0.25) is 0 Å². The van der Waals surface area contributed by atoms with Gasteiger partial charge in [-0.2, -0.15) is 0 Å². The predicted octanol–water partition coefficient (Wildman–Crippen LogP) is 1.91. The van der Waals surface area contributed by atoms with E-state index in [9.17, 15) is 4.79 Å². The van der Waals surface area contributed by atoms with Gasteiger partial charge < -0.3 is 15.5 Å². The van der Waals surface area contributed by atoms with Crippen LogP contribution in [-0.4, -0.2) is 67.6 Å². The molecule has 1 atom stereocenters. The summed E-state index contributed by atoms with van der Waals surface area (Å²) in [5.41, 5.74) is 1.29. The minimum absolute atomic E-state index is 0. The largest absolute Gasteiger partial charge is 0.355 e. The molecule has 2 N–H and O–H groups in total. The van der Waals surface area contributed by atoms with E-state index < -0.39 is 0 Å². The zero-order valence-corrected chi connectivity index (χ0v) is 17.0. The van der Waals surface area contributed by atoms with Crippen LogP contribution in [0, 0.1) is 0 Å². The van der Waals surface area contributed by atoms with Gasteiger partial charge >= 0.3 is 0 Å². The summed E-state index contributed by atoms with van der Waals surface area (Å²) in [5.74, 6) is 0.212. The maximum atomic E-state index is 12.5. The summed E-state index contributed by atoms with van der Waals surface area (Å²) in [5, 5.41) is 6.53. The average Bonchev–Trinajstić information content (AvgIpc) is 3.08. The Morgan fingerprint density at radius 1 is 1.12 bits per heavy atom. The SMILES string of the molecule is Cl.Cl.O=C(NCCCN1CCNCC1)C1CCCN1Cc1ccccc1. The highest BCUT2D eigenvalue weighted by Gasteiger charge is 2.30. The van der Waals surface area contributed by atoms with Crippen LogP contribution in [0.1, 0.15) is 24.8 Å². The smallest absolute Gasteiger partial charge is 0.237 e. The Hall–Kier alpha value is -0.850. The van der Waals surface area contributed by atoms with Crippen molar-refractivity contribution in [2.75, 3.05) is 45.8 Å². The minimum Gasteiger partial charge on any atom is -0.355 e. The van der Waals surface area contributed by atoms with Gasteiger partial charge in [0.1, 0.15) is 0 Å². The molecule has 3 rings (SSSR count). The lowest BCUT2D eigenvalue weighted by molar-refractivity contribution is -0.125. The zero-order chi connectivity index (χ0) is 16.6. The van der Waals surface area contributed by atoms with Crippen LogP contribution >= 0.6 is 24.8 Å². The van der Waals surface area contributed by atoms with Gasteiger partial charge in [-0.3, -0.25) is 9.69 Å². The van der Waals surface area contributed by atoms with Crippen molar-refractivity contribution >= 4 is 30.7 Å². The molecule has 2 aliphatic heterocycles. The van der Waals surface area contributed by atoms with E-state index in [1.807, 2.05) is 6.07 Å². The molecule has 2 heterocycles. The van der Waals surface area contributed by atoms with Crippen LogP contribution in [-0.2, 0) is 11.3 Å². The average molecular weight is 403 g/mol. The van der Waals surface area contributed by atoms with Crippen LogP contribution in [0.25, 0.3) is 0 Å². The fourth-order valence-electron chi connectivity index (χ4n) is 3.70. The first-order chi connectivity index (χ1) is 11.8. The summed E-state index contributed by atoms with van der Waals surface area (Å²) in [6.07, 6.45) is 3.14. The topological polar surface area (TPSA) is 47.6 Å². The highest BCUT2D eigenvalue weighted by molar-refractivity contribution is 5.85. The molecule has 0 radical (unpaired) electrons. The molecular formula is C19H32Cl2N4O. The molecule has 26 heavy (non-hydrogen) atoms. The molecule has 1 unspecified atom stereocenters. The van der Waals surface area contributed by atoms with E-state index in [1.165, 1.54) is 5.56 Å². The lowest BCUT2D eigenvalue weighted by Crippen LogP contribution is -2.45. The highest BCUT2D eigenvalue weighted by Crippen LogP contribution is 2.20. The molecule has 1 amide bonds. The number of amides is 1. The Balaban J connectivity index is 0.00000169. The van der Waals surface area contributed by atoms with Gasteiger partial charge in [0.2, 0.25) is 5.91 Å². The van der Waals surface area contributed by atoms with Gasteiger partial charge in [0.15, 0.2) is 0 Å². The van der Waals surface area contributed by atoms with E-state index in [2.05, 4.69) is 44.7 Å². The van der Waals surface area contributed by atoms with Crippen LogP contribution in [0.4, 0.5) is 0 Å². The van der Waals surface area contributed by atoms with Crippen molar-refractivity contribution in [3.05, 3.63) is 35.9 Å². The fourth-order valence-corrected chi connectivity index (χ4v) is 3.70. The van der Waals surface area contributed by atoms with E-state index in [0.29, 0.717) is 0 Å². The van der Waals surface area contributed by atoms with Gasteiger partial charge in [0.05, 0.1) is 6.04 Å². The summed E-state index contributed by atoms with van der Waals surface area (Å²) in [4.78, 5) is 17.3. The lowest BCUT2D eigenvalue weighted by atomic mass is 10.1. The van der Waals surface area contributed by atoms with Gasteiger partial charge in [-0.25, -0.2) is 0 Å². The number of carbonyl (C=O) groups is 1. The molecule has 1 aromatic rings.